The van der Waals surface area contributed by atoms with Crippen molar-refractivity contribution in [1.29, 1.82) is 0 Å². The SMILES string of the molecule is CC[C@@]1(O)C(=O)OCc2c1cc1n(c2=O)Cc2c-1nc1cc(F)c(N)cc1c2COCNC(=O)CNC(=O)[C@H](Cc1ccccc1)NC(=O)CNC(=O)CC(CCCCN1C(=O)C=CC1=O)C(N)=O. The lowest BCUT2D eigenvalue weighted by Gasteiger charge is -2.31. The normalized spacial score (nSPS) is 16.6. The predicted molar refractivity (Wildman–Crippen MR) is 242 cm³/mol. The van der Waals surface area contributed by atoms with Crippen molar-refractivity contribution in [3.8, 4) is 11.4 Å². The highest BCUT2D eigenvalue weighted by atomic mass is 19.1. The summed E-state index contributed by atoms with van der Waals surface area (Å²) in [6.07, 6.45) is 2.96. The van der Waals surface area contributed by atoms with E-state index in [2.05, 4.69) is 26.3 Å². The zero-order chi connectivity index (χ0) is 49.6. The molecule has 3 aliphatic rings. The van der Waals surface area contributed by atoms with Crippen molar-refractivity contribution < 1.29 is 57.3 Å². The molecule has 9 N–H and O–H groups in total. The minimum Gasteiger partial charge on any atom is -0.458 e. The van der Waals surface area contributed by atoms with E-state index in [1.165, 1.54) is 28.9 Å². The standard InChI is InChI=1S/C47H50FN9O12/c1-2-47(67)31-17-36-42-28(21-57(36)45(65)30(31)23-69-46(47)66)29(27-16-33(49)32(48)18-34(27)55-42)22-68-24-53-38(59)19-52-44(64)35(14-25-8-4-3-5-9-25)54-39(60)20-51-37(58)15-26(43(50)63)10-6-7-13-56-40(61)11-12-41(56)62/h3-5,8-9,11-12,16-18,26,35,67H,2,6-7,10,13-15,19-24,49H2,1H3,(H2,50,63)(H,51,58)(H,52,64)(H,53,59)(H,54,60)/t26?,35-,47-/m0/s1. The maximum Gasteiger partial charge on any atom is 0.343 e. The minimum atomic E-state index is -2.06. The van der Waals surface area contributed by atoms with E-state index >= 15 is 0 Å². The molecule has 22 heteroatoms. The van der Waals surface area contributed by atoms with Crippen molar-refractivity contribution in [2.45, 2.75) is 76.9 Å². The predicted octanol–water partition coefficient (Wildman–Crippen LogP) is -0.0620. The molecule has 0 aliphatic carbocycles. The monoisotopic (exact) mass is 951 g/mol. The molecule has 3 atom stereocenters. The Kier molecular flexibility index (Phi) is 14.9. The fourth-order valence-corrected chi connectivity index (χ4v) is 8.44. The zero-order valence-electron chi connectivity index (χ0n) is 37.4. The molecule has 0 bridgehead atoms. The van der Waals surface area contributed by atoms with Crippen molar-refractivity contribution in [3.63, 3.8) is 0 Å². The molecule has 0 saturated carbocycles. The average molecular weight is 952 g/mol. The summed E-state index contributed by atoms with van der Waals surface area (Å²) in [4.78, 5) is 120. The molecule has 69 heavy (non-hydrogen) atoms. The van der Waals surface area contributed by atoms with Crippen molar-refractivity contribution >= 4 is 63.9 Å². The van der Waals surface area contributed by atoms with Crippen LogP contribution in [0.1, 0.15) is 66.8 Å². The molecule has 5 heterocycles. The van der Waals surface area contributed by atoms with Gasteiger partial charge in [0, 0.05) is 60.0 Å². The van der Waals surface area contributed by atoms with Gasteiger partial charge in [0.1, 0.15) is 25.2 Å². The van der Waals surface area contributed by atoms with E-state index in [0.717, 1.165) is 11.0 Å². The van der Waals surface area contributed by atoms with Gasteiger partial charge in [-0.3, -0.25) is 43.3 Å². The Bertz CT molecular complexity index is 2830. The Morgan fingerprint density at radius 1 is 0.942 bits per heavy atom. The first-order valence-corrected chi connectivity index (χ1v) is 22.1. The lowest BCUT2D eigenvalue weighted by molar-refractivity contribution is -0.172. The number of ether oxygens (including phenoxy) is 2. The van der Waals surface area contributed by atoms with Crippen LogP contribution in [-0.4, -0.2) is 99.3 Å². The maximum absolute atomic E-state index is 14.8. The lowest BCUT2D eigenvalue weighted by Crippen LogP contribution is -2.52. The van der Waals surface area contributed by atoms with Crippen molar-refractivity contribution in [2.75, 3.05) is 32.1 Å². The van der Waals surface area contributed by atoms with Gasteiger partial charge in [-0.25, -0.2) is 14.2 Å². The number of hydrogen-bond acceptors (Lipinski definition) is 14. The van der Waals surface area contributed by atoms with Crippen LogP contribution in [0.2, 0.25) is 0 Å². The maximum atomic E-state index is 14.8. The van der Waals surface area contributed by atoms with Crippen LogP contribution in [0.5, 0.6) is 0 Å². The number of cyclic esters (lactones) is 1. The summed E-state index contributed by atoms with van der Waals surface area (Å²) in [5.41, 5.74) is 11.4. The average Bonchev–Trinajstić information content (AvgIpc) is 3.86. The molecule has 7 amide bonds. The number of nitrogens with zero attached hydrogens (tertiary/aromatic N) is 3. The number of fused-ring (bicyclic) bond motifs is 5. The number of carbonyl (C=O) groups excluding carboxylic acids is 8. The number of nitrogens with two attached hydrogens (primary N) is 2. The quantitative estimate of drug-likeness (QED) is 0.0167. The van der Waals surface area contributed by atoms with Gasteiger partial charge in [-0.15, -0.1) is 0 Å². The number of hydrogen-bond donors (Lipinski definition) is 7. The third-order valence-electron chi connectivity index (χ3n) is 12.3. The van der Waals surface area contributed by atoms with Crippen molar-refractivity contribution in [3.05, 3.63) is 105 Å². The Morgan fingerprint density at radius 2 is 1.67 bits per heavy atom. The number of aliphatic hydroxyl groups is 1. The topological polar surface area (TPSA) is 314 Å². The van der Waals surface area contributed by atoms with E-state index in [1.807, 2.05) is 0 Å². The second-order valence-electron chi connectivity index (χ2n) is 16.8. The van der Waals surface area contributed by atoms with E-state index in [-0.39, 0.29) is 86.7 Å². The molecule has 2 aromatic heterocycles. The summed E-state index contributed by atoms with van der Waals surface area (Å²) in [5, 5.41) is 21.7. The van der Waals surface area contributed by atoms with Gasteiger partial charge < -0.3 is 51.9 Å². The van der Waals surface area contributed by atoms with Crippen LogP contribution in [0.4, 0.5) is 10.1 Å². The number of nitrogen functional groups attached to an aromatic ring is 1. The molecule has 0 spiro atoms. The highest BCUT2D eigenvalue weighted by Gasteiger charge is 2.45. The first-order valence-electron chi connectivity index (χ1n) is 22.1. The van der Waals surface area contributed by atoms with Crippen molar-refractivity contribution in [1.82, 2.24) is 35.7 Å². The summed E-state index contributed by atoms with van der Waals surface area (Å²) < 4.78 is 27.2. The number of primary amides is 1. The second-order valence-corrected chi connectivity index (χ2v) is 16.8. The Hall–Kier alpha value is -7.85. The molecule has 7 rings (SSSR count). The second kappa shape index (κ2) is 21.0. The van der Waals surface area contributed by atoms with Crippen LogP contribution in [-0.2, 0) is 79.6 Å². The molecule has 2 aromatic carbocycles. The van der Waals surface area contributed by atoms with Crippen LogP contribution in [0.15, 0.2) is 65.5 Å². The van der Waals surface area contributed by atoms with Gasteiger partial charge in [-0.05, 0) is 42.5 Å². The molecule has 0 fully saturated rings. The van der Waals surface area contributed by atoms with Gasteiger partial charge in [-0.2, -0.15) is 0 Å². The summed E-state index contributed by atoms with van der Waals surface area (Å²) in [6, 6.07) is 11.6. The van der Waals surface area contributed by atoms with E-state index in [4.69, 9.17) is 20.9 Å². The molecule has 0 saturated heterocycles. The highest BCUT2D eigenvalue weighted by Crippen LogP contribution is 2.41. The number of carbonyl (C=O) groups is 8. The number of imide groups is 1. The Labute approximate surface area is 392 Å². The number of pyridine rings is 2. The largest absolute Gasteiger partial charge is 0.458 e. The third-order valence-corrected chi connectivity index (χ3v) is 12.3. The van der Waals surface area contributed by atoms with Crippen LogP contribution in [0, 0.1) is 11.7 Å². The molecular formula is C47H50FN9O12. The summed E-state index contributed by atoms with van der Waals surface area (Å²) >= 11 is 0. The van der Waals surface area contributed by atoms with E-state index < -0.39 is 89.3 Å². The van der Waals surface area contributed by atoms with Gasteiger partial charge >= 0.3 is 5.97 Å². The molecule has 21 nitrogen and oxygen atoms in total. The van der Waals surface area contributed by atoms with Crippen LogP contribution >= 0.6 is 0 Å². The van der Waals surface area contributed by atoms with Crippen LogP contribution in [0.3, 0.4) is 0 Å². The van der Waals surface area contributed by atoms with Gasteiger partial charge in [0.2, 0.25) is 29.5 Å². The number of halogens is 1. The molecule has 362 valence electrons. The smallest absolute Gasteiger partial charge is 0.343 e. The summed E-state index contributed by atoms with van der Waals surface area (Å²) in [5.74, 6) is -6.85. The lowest BCUT2D eigenvalue weighted by atomic mass is 9.86. The number of unbranched alkanes of at least 4 members (excludes halogenated alkanes) is 1. The van der Waals surface area contributed by atoms with Gasteiger partial charge in [0.05, 0.1) is 54.4 Å². The van der Waals surface area contributed by atoms with Gasteiger partial charge in [0.15, 0.2) is 5.60 Å². The van der Waals surface area contributed by atoms with Crippen LogP contribution < -0.4 is 38.3 Å². The number of benzene rings is 2. The molecule has 4 aromatic rings. The zero-order valence-corrected chi connectivity index (χ0v) is 37.4. The molecule has 0 radical (unpaired) electrons. The number of esters is 1. The summed E-state index contributed by atoms with van der Waals surface area (Å²) in [6.45, 7) is -0.229. The van der Waals surface area contributed by atoms with E-state index in [1.54, 1.807) is 37.3 Å². The number of anilines is 1. The molecule has 1 unspecified atom stereocenters. The Morgan fingerprint density at radius 3 is 2.38 bits per heavy atom. The van der Waals surface area contributed by atoms with Gasteiger partial charge in [-0.1, -0.05) is 43.7 Å². The van der Waals surface area contributed by atoms with Gasteiger partial charge in [0.25, 0.3) is 17.4 Å². The van der Waals surface area contributed by atoms with E-state index in [0.29, 0.717) is 40.6 Å². The fourth-order valence-electron chi connectivity index (χ4n) is 8.44. The third kappa shape index (κ3) is 10.8. The van der Waals surface area contributed by atoms with Crippen molar-refractivity contribution in [2.24, 2.45) is 11.7 Å². The fraction of sp³-hybridized carbons (Fsp3) is 0.362. The first kappa shape index (κ1) is 49.1. The van der Waals surface area contributed by atoms with Crippen LogP contribution in [0.25, 0.3) is 22.3 Å². The molecular weight excluding hydrogens is 902 g/mol. The number of amides is 7. The number of aromatic nitrogens is 2. The Balaban J connectivity index is 0.934. The molecule has 3 aliphatic heterocycles. The minimum absolute atomic E-state index is 0.00406. The van der Waals surface area contributed by atoms with E-state index in [9.17, 15) is 52.6 Å². The number of nitrogens with one attached hydrogen (secondary N) is 4. The first-order chi connectivity index (χ1) is 33.0. The number of rotatable bonds is 21. The summed E-state index contributed by atoms with van der Waals surface area (Å²) in [7, 11) is 0. The highest BCUT2D eigenvalue weighted by molar-refractivity contribution is 6.12.